The van der Waals surface area contributed by atoms with Gasteiger partial charge in [0.05, 0.1) is 5.69 Å². The van der Waals surface area contributed by atoms with Gasteiger partial charge in [-0.15, -0.1) is 0 Å². The van der Waals surface area contributed by atoms with Crippen LogP contribution in [0.1, 0.15) is 16.8 Å². The Kier molecular flexibility index (Phi) is 6.05. The first-order valence-corrected chi connectivity index (χ1v) is 10.3. The van der Waals surface area contributed by atoms with Crippen LogP contribution in [0.5, 0.6) is 0 Å². The number of benzene rings is 3. The molecule has 0 aliphatic carbocycles. The van der Waals surface area contributed by atoms with Crippen molar-refractivity contribution in [3.63, 3.8) is 0 Å². The van der Waals surface area contributed by atoms with Crippen molar-refractivity contribution in [2.45, 2.75) is 20.0 Å². The molecule has 0 aliphatic heterocycles. The predicted molar refractivity (Wildman–Crippen MR) is 123 cm³/mol. The van der Waals surface area contributed by atoms with Crippen molar-refractivity contribution in [3.8, 4) is 16.9 Å². The molecule has 0 saturated carbocycles. The van der Waals surface area contributed by atoms with E-state index in [1.807, 2.05) is 30.3 Å². The zero-order valence-electron chi connectivity index (χ0n) is 16.2. The second-order valence-corrected chi connectivity index (χ2v) is 7.92. The molecule has 4 heteroatoms. The first-order chi connectivity index (χ1) is 14.1. The molecule has 0 saturated heterocycles. The molecule has 0 atom stereocenters. The van der Waals surface area contributed by atoms with Crippen LogP contribution in [0, 0.1) is 6.92 Å². The maximum absolute atomic E-state index is 6.11. The van der Waals surface area contributed by atoms with E-state index in [4.69, 9.17) is 23.2 Å². The summed E-state index contributed by atoms with van der Waals surface area (Å²) in [6.45, 7) is 3.79. The SMILES string of the molecule is Cc1c(CNCc2ccccc2)cc(-c2ccc(Cl)cc2)n1-c1ccc(Cl)cc1. The molecule has 4 rings (SSSR count). The highest BCUT2D eigenvalue weighted by molar-refractivity contribution is 6.30. The Balaban J connectivity index is 1.68. The molecule has 0 amide bonds. The van der Waals surface area contributed by atoms with Crippen molar-refractivity contribution in [3.05, 3.63) is 112 Å². The molecule has 0 unspecified atom stereocenters. The molecule has 29 heavy (non-hydrogen) atoms. The molecular weight excluding hydrogens is 399 g/mol. The Morgan fingerprint density at radius 3 is 2.03 bits per heavy atom. The monoisotopic (exact) mass is 420 g/mol. The van der Waals surface area contributed by atoms with E-state index in [0.29, 0.717) is 0 Å². The summed E-state index contributed by atoms with van der Waals surface area (Å²) in [4.78, 5) is 0. The lowest BCUT2D eigenvalue weighted by molar-refractivity contribution is 0.689. The lowest BCUT2D eigenvalue weighted by Gasteiger charge is -2.13. The normalized spacial score (nSPS) is 11.0. The zero-order chi connectivity index (χ0) is 20.2. The quantitative estimate of drug-likeness (QED) is 0.353. The smallest absolute Gasteiger partial charge is 0.0534 e. The predicted octanol–water partition coefficient (Wildman–Crippen LogP) is 7.05. The van der Waals surface area contributed by atoms with Crippen molar-refractivity contribution in [1.82, 2.24) is 9.88 Å². The number of nitrogens with one attached hydrogen (secondary N) is 1. The van der Waals surface area contributed by atoms with Gasteiger partial charge in [0.25, 0.3) is 0 Å². The lowest BCUT2D eigenvalue weighted by Crippen LogP contribution is -2.13. The van der Waals surface area contributed by atoms with Crippen molar-refractivity contribution >= 4 is 23.2 Å². The highest BCUT2D eigenvalue weighted by atomic mass is 35.5. The van der Waals surface area contributed by atoms with Gasteiger partial charge >= 0.3 is 0 Å². The van der Waals surface area contributed by atoms with Crippen LogP contribution in [0.25, 0.3) is 16.9 Å². The van der Waals surface area contributed by atoms with Gasteiger partial charge in [-0.3, -0.25) is 0 Å². The Morgan fingerprint density at radius 1 is 0.759 bits per heavy atom. The maximum atomic E-state index is 6.11. The van der Waals surface area contributed by atoms with E-state index in [1.54, 1.807) is 0 Å². The van der Waals surface area contributed by atoms with Gasteiger partial charge in [-0.05, 0) is 66.1 Å². The minimum Gasteiger partial charge on any atom is -0.314 e. The number of hydrogen-bond acceptors (Lipinski definition) is 1. The molecule has 0 spiro atoms. The molecular formula is C25H22Cl2N2. The summed E-state index contributed by atoms with van der Waals surface area (Å²) in [6, 6.07) is 28.6. The molecule has 1 aromatic heterocycles. The van der Waals surface area contributed by atoms with Crippen LogP contribution < -0.4 is 5.32 Å². The van der Waals surface area contributed by atoms with Crippen molar-refractivity contribution < 1.29 is 0 Å². The molecule has 0 fully saturated rings. The van der Waals surface area contributed by atoms with Gasteiger partial charge < -0.3 is 9.88 Å². The van der Waals surface area contributed by atoms with Gasteiger partial charge in [0.2, 0.25) is 0 Å². The summed E-state index contributed by atoms with van der Waals surface area (Å²) >= 11 is 12.2. The molecule has 146 valence electrons. The van der Waals surface area contributed by atoms with Gasteiger partial charge in [-0.25, -0.2) is 0 Å². The number of nitrogens with zero attached hydrogens (tertiary/aromatic N) is 1. The van der Waals surface area contributed by atoms with Crippen molar-refractivity contribution in [1.29, 1.82) is 0 Å². The van der Waals surface area contributed by atoms with E-state index in [1.165, 1.54) is 16.8 Å². The second-order valence-electron chi connectivity index (χ2n) is 7.05. The molecule has 3 aromatic carbocycles. The average molecular weight is 421 g/mol. The average Bonchev–Trinajstić information content (AvgIpc) is 3.06. The van der Waals surface area contributed by atoms with Crippen LogP contribution in [-0.2, 0) is 13.1 Å². The Labute approximate surface area is 181 Å². The van der Waals surface area contributed by atoms with Gasteiger partial charge in [0.15, 0.2) is 0 Å². The molecule has 0 radical (unpaired) electrons. The van der Waals surface area contributed by atoms with Gasteiger partial charge in [-0.2, -0.15) is 0 Å². The molecule has 2 nitrogen and oxygen atoms in total. The van der Waals surface area contributed by atoms with Crippen LogP contribution in [0.4, 0.5) is 0 Å². The van der Waals surface area contributed by atoms with Gasteiger partial charge in [0.1, 0.15) is 0 Å². The summed E-state index contributed by atoms with van der Waals surface area (Å²) in [5.74, 6) is 0. The fraction of sp³-hybridized carbons (Fsp3) is 0.120. The first kappa shape index (κ1) is 19.8. The van der Waals surface area contributed by atoms with Gasteiger partial charge in [0, 0.05) is 34.5 Å². The van der Waals surface area contributed by atoms with Crippen LogP contribution >= 0.6 is 23.2 Å². The Bertz CT molecular complexity index is 1080. The molecule has 0 aliphatic rings. The Hall–Kier alpha value is -2.52. The summed E-state index contributed by atoms with van der Waals surface area (Å²) in [6.07, 6.45) is 0. The van der Waals surface area contributed by atoms with Crippen LogP contribution in [0.15, 0.2) is 84.9 Å². The molecule has 0 bridgehead atoms. The largest absolute Gasteiger partial charge is 0.314 e. The lowest BCUT2D eigenvalue weighted by atomic mass is 10.1. The first-order valence-electron chi connectivity index (χ1n) is 9.59. The minimum absolute atomic E-state index is 0.733. The highest BCUT2D eigenvalue weighted by Crippen LogP contribution is 2.31. The second kappa shape index (κ2) is 8.87. The third kappa shape index (κ3) is 4.56. The standard InChI is InChI=1S/C25H22Cl2N2/c1-18-21(17-28-16-19-5-3-2-4-6-19)15-25(20-7-9-22(26)10-8-20)29(18)24-13-11-23(27)12-14-24/h2-15,28H,16-17H2,1H3. The van der Waals surface area contributed by atoms with Crippen molar-refractivity contribution in [2.24, 2.45) is 0 Å². The van der Waals surface area contributed by atoms with Crippen molar-refractivity contribution in [2.75, 3.05) is 0 Å². The van der Waals surface area contributed by atoms with E-state index in [0.717, 1.165) is 40.1 Å². The number of aromatic nitrogens is 1. The fourth-order valence-corrected chi connectivity index (χ4v) is 3.78. The van der Waals surface area contributed by atoms with Crippen LogP contribution in [0.2, 0.25) is 10.0 Å². The van der Waals surface area contributed by atoms with E-state index in [2.05, 4.69) is 71.4 Å². The summed E-state index contributed by atoms with van der Waals surface area (Å²) in [7, 11) is 0. The van der Waals surface area contributed by atoms with Crippen LogP contribution in [-0.4, -0.2) is 4.57 Å². The third-order valence-corrected chi connectivity index (χ3v) is 5.57. The van der Waals surface area contributed by atoms with E-state index in [-0.39, 0.29) is 0 Å². The maximum Gasteiger partial charge on any atom is 0.0534 e. The Morgan fingerprint density at radius 2 is 1.38 bits per heavy atom. The zero-order valence-corrected chi connectivity index (χ0v) is 17.7. The summed E-state index contributed by atoms with van der Waals surface area (Å²) in [5, 5.41) is 5.03. The van der Waals surface area contributed by atoms with E-state index < -0.39 is 0 Å². The number of rotatable bonds is 6. The minimum atomic E-state index is 0.733. The number of halogens is 2. The molecule has 1 heterocycles. The summed E-state index contributed by atoms with van der Waals surface area (Å²) in [5.41, 5.74) is 7.10. The van der Waals surface area contributed by atoms with Gasteiger partial charge in [-0.1, -0.05) is 65.7 Å². The summed E-state index contributed by atoms with van der Waals surface area (Å²) < 4.78 is 2.28. The number of hydrogen-bond donors (Lipinski definition) is 1. The molecule has 4 aromatic rings. The highest BCUT2D eigenvalue weighted by Gasteiger charge is 2.15. The fourth-order valence-electron chi connectivity index (χ4n) is 3.53. The third-order valence-electron chi connectivity index (χ3n) is 5.06. The van der Waals surface area contributed by atoms with Crippen LogP contribution in [0.3, 0.4) is 0 Å². The topological polar surface area (TPSA) is 17.0 Å². The van der Waals surface area contributed by atoms with E-state index in [9.17, 15) is 0 Å². The molecule has 1 N–H and O–H groups in total. The van der Waals surface area contributed by atoms with E-state index >= 15 is 0 Å².